The zero-order valence-electron chi connectivity index (χ0n) is 5.72. The molecule has 0 amide bonds. The second kappa shape index (κ2) is 6.11. The van der Waals surface area contributed by atoms with E-state index in [-0.39, 0.29) is 5.78 Å². The van der Waals surface area contributed by atoms with Gasteiger partial charge in [-0.2, -0.15) is 11.8 Å². The van der Waals surface area contributed by atoms with Crippen LogP contribution in [-0.4, -0.2) is 24.3 Å². The van der Waals surface area contributed by atoms with Crippen molar-refractivity contribution >= 4 is 17.5 Å². The summed E-state index contributed by atoms with van der Waals surface area (Å²) < 4.78 is 0. The molecule has 0 radical (unpaired) electrons. The van der Waals surface area contributed by atoms with Gasteiger partial charge in [0.25, 0.3) is 0 Å². The van der Waals surface area contributed by atoms with E-state index in [4.69, 9.17) is 5.73 Å². The quantitative estimate of drug-likeness (QED) is 0.621. The molecular formula is C6H13NOS. The van der Waals surface area contributed by atoms with Crippen LogP contribution in [0.25, 0.3) is 0 Å². The molecule has 0 saturated heterocycles. The summed E-state index contributed by atoms with van der Waals surface area (Å²) in [5.74, 6) is 1.21. The van der Waals surface area contributed by atoms with Crippen LogP contribution in [0.15, 0.2) is 0 Å². The maximum atomic E-state index is 10.7. The van der Waals surface area contributed by atoms with Gasteiger partial charge in [0.2, 0.25) is 0 Å². The summed E-state index contributed by atoms with van der Waals surface area (Å²) in [6.07, 6.45) is 3.22. The van der Waals surface area contributed by atoms with Crippen molar-refractivity contribution < 1.29 is 4.79 Å². The molecule has 2 nitrogen and oxygen atoms in total. The van der Waals surface area contributed by atoms with Crippen molar-refractivity contribution in [2.24, 2.45) is 5.73 Å². The lowest BCUT2D eigenvalue weighted by Crippen LogP contribution is -2.07. The third-order valence-electron chi connectivity index (χ3n) is 1.01. The first-order chi connectivity index (χ1) is 4.31. The molecule has 0 aliphatic carbocycles. The Balaban J connectivity index is 3.06. The lowest BCUT2D eigenvalue weighted by Gasteiger charge is -1.94. The third-order valence-corrected chi connectivity index (χ3v) is 1.62. The zero-order chi connectivity index (χ0) is 7.11. The number of nitrogens with two attached hydrogens (primary N) is 1. The third kappa shape index (κ3) is 5.86. The summed E-state index contributed by atoms with van der Waals surface area (Å²) in [4.78, 5) is 10.7. The molecule has 0 atom stereocenters. The van der Waals surface area contributed by atoms with Crippen LogP contribution in [-0.2, 0) is 4.79 Å². The predicted octanol–water partition coefficient (Wildman–Crippen LogP) is 0.657. The highest BCUT2D eigenvalue weighted by Gasteiger charge is 1.97. The minimum atomic E-state index is 0.284. The molecule has 0 aliphatic rings. The maximum absolute atomic E-state index is 10.7. The molecular weight excluding hydrogens is 134 g/mol. The van der Waals surface area contributed by atoms with E-state index in [1.54, 1.807) is 11.8 Å². The molecule has 0 heterocycles. The Labute approximate surface area is 60.2 Å². The van der Waals surface area contributed by atoms with E-state index in [1.807, 2.05) is 6.26 Å². The van der Waals surface area contributed by atoms with Crippen molar-refractivity contribution in [3.63, 3.8) is 0 Å². The van der Waals surface area contributed by atoms with E-state index in [1.165, 1.54) is 0 Å². The number of carbonyl (C=O) groups is 1. The number of Topliss-reactive ketones (excluding diaryl/α,β-unsaturated/α-hetero) is 1. The second-order valence-electron chi connectivity index (χ2n) is 1.82. The first kappa shape index (κ1) is 8.98. The standard InChI is InChI=1S/C6H13NOS/c1-9-5-3-6(8)2-4-7/h2-5,7H2,1H3. The molecule has 0 aromatic heterocycles. The molecule has 0 aromatic carbocycles. The minimum absolute atomic E-state index is 0.284. The van der Waals surface area contributed by atoms with Gasteiger partial charge < -0.3 is 5.73 Å². The first-order valence-corrected chi connectivity index (χ1v) is 4.41. The number of thioether (sulfide) groups is 1. The molecule has 0 bridgehead atoms. The van der Waals surface area contributed by atoms with Crippen molar-refractivity contribution in [3.8, 4) is 0 Å². The highest BCUT2D eigenvalue weighted by atomic mass is 32.2. The van der Waals surface area contributed by atoms with Crippen LogP contribution in [0.1, 0.15) is 12.8 Å². The van der Waals surface area contributed by atoms with Gasteiger partial charge in [-0.1, -0.05) is 0 Å². The fraction of sp³-hybridized carbons (Fsp3) is 0.833. The number of rotatable bonds is 5. The van der Waals surface area contributed by atoms with E-state index in [9.17, 15) is 4.79 Å². The molecule has 3 heteroatoms. The van der Waals surface area contributed by atoms with Crippen molar-refractivity contribution in [2.75, 3.05) is 18.6 Å². The van der Waals surface area contributed by atoms with Gasteiger partial charge in [0.05, 0.1) is 0 Å². The molecule has 0 saturated carbocycles. The van der Waals surface area contributed by atoms with Crippen LogP contribution < -0.4 is 5.73 Å². The van der Waals surface area contributed by atoms with E-state index < -0.39 is 0 Å². The van der Waals surface area contributed by atoms with Crippen LogP contribution >= 0.6 is 11.8 Å². The summed E-state index contributed by atoms with van der Waals surface area (Å²) in [6, 6.07) is 0. The van der Waals surface area contributed by atoms with Gasteiger partial charge in [-0.3, -0.25) is 4.79 Å². The summed E-state index contributed by atoms with van der Waals surface area (Å²) in [7, 11) is 0. The lowest BCUT2D eigenvalue weighted by molar-refractivity contribution is -0.118. The summed E-state index contributed by atoms with van der Waals surface area (Å²) in [6.45, 7) is 0.493. The normalized spacial score (nSPS) is 9.56. The average Bonchev–Trinajstić information content (AvgIpc) is 1.85. The highest BCUT2D eigenvalue weighted by Crippen LogP contribution is 1.97. The molecule has 0 fully saturated rings. The van der Waals surface area contributed by atoms with Crippen LogP contribution in [0.2, 0.25) is 0 Å². The van der Waals surface area contributed by atoms with E-state index in [2.05, 4.69) is 0 Å². The highest BCUT2D eigenvalue weighted by molar-refractivity contribution is 7.98. The van der Waals surface area contributed by atoms with Gasteiger partial charge in [-0.15, -0.1) is 0 Å². The second-order valence-corrected chi connectivity index (χ2v) is 2.81. The average molecular weight is 147 g/mol. The van der Waals surface area contributed by atoms with Crippen LogP contribution in [0.3, 0.4) is 0 Å². The van der Waals surface area contributed by atoms with E-state index in [0.717, 1.165) is 5.75 Å². The molecule has 0 rings (SSSR count). The van der Waals surface area contributed by atoms with Gasteiger partial charge in [0, 0.05) is 12.8 Å². The Kier molecular flexibility index (Phi) is 6.09. The predicted molar refractivity (Wildman–Crippen MR) is 41.7 cm³/mol. The van der Waals surface area contributed by atoms with Crippen LogP contribution in [0.4, 0.5) is 0 Å². The molecule has 9 heavy (non-hydrogen) atoms. The van der Waals surface area contributed by atoms with Crippen molar-refractivity contribution in [1.29, 1.82) is 0 Å². The SMILES string of the molecule is CSCCC(=O)CCN. The summed E-state index contributed by atoms with van der Waals surface area (Å²) in [5, 5.41) is 0. The minimum Gasteiger partial charge on any atom is -0.330 e. The first-order valence-electron chi connectivity index (χ1n) is 3.02. The fourth-order valence-corrected chi connectivity index (χ4v) is 0.934. The van der Waals surface area contributed by atoms with Gasteiger partial charge in [0.1, 0.15) is 5.78 Å². The van der Waals surface area contributed by atoms with Crippen LogP contribution in [0.5, 0.6) is 0 Å². The maximum Gasteiger partial charge on any atom is 0.134 e. The smallest absolute Gasteiger partial charge is 0.134 e. The van der Waals surface area contributed by atoms with E-state index in [0.29, 0.717) is 19.4 Å². The van der Waals surface area contributed by atoms with Gasteiger partial charge in [-0.05, 0) is 18.6 Å². The molecule has 2 N–H and O–H groups in total. The number of ketones is 1. The summed E-state index contributed by atoms with van der Waals surface area (Å²) >= 11 is 1.69. The largest absolute Gasteiger partial charge is 0.330 e. The van der Waals surface area contributed by atoms with Crippen molar-refractivity contribution in [3.05, 3.63) is 0 Å². The lowest BCUT2D eigenvalue weighted by atomic mass is 10.2. The Bertz CT molecular complexity index is 85.1. The van der Waals surface area contributed by atoms with E-state index >= 15 is 0 Å². The number of hydrogen-bond acceptors (Lipinski definition) is 3. The zero-order valence-corrected chi connectivity index (χ0v) is 6.54. The Morgan fingerprint density at radius 1 is 1.56 bits per heavy atom. The Hall–Kier alpha value is -0.0200. The van der Waals surface area contributed by atoms with Gasteiger partial charge in [0.15, 0.2) is 0 Å². The van der Waals surface area contributed by atoms with Crippen LogP contribution in [0, 0.1) is 0 Å². The summed E-state index contributed by atoms with van der Waals surface area (Å²) in [5.41, 5.74) is 5.17. The molecule has 0 aliphatic heterocycles. The Morgan fingerprint density at radius 3 is 2.67 bits per heavy atom. The van der Waals surface area contributed by atoms with Crippen molar-refractivity contribution in [2.45, 2.75) is 12.8 Å². The molecule has 0 spiro atoms. The molecule has 54 valence electrons. The number of hydrogen-bond donors (Lipinski definition) is 1. The monoisotopic (exact) mass is 147 g/mol. The number of carbonyl (C=O) groups excluding carboxylic acids is 1. The molecule has 0 aromatic rings. The van der Waals surface area contributed by atoms with Gasteiger partial charge in [-0.25, -0.2) is 0 Å². The van der Waals surface area contributed by atoms with Gasteiger partial charge >= 0.3 is 0 Å². The Morgan fingerprint density at radius 2 is 2.22 bits per heavy atom. The van der Waals surface area contributed by atoms with Crippen molar-refractivity contribution in [1.82, 2.24) is 0 Å². The molecule has 0 unspecified atom stereocenters. The fourth-order valence-electron chi connectivity index (χ4n) is 0.502. The topological polar surface area (TPSA) is 43.1 Å².